The fourth-order valence-electron chi connectivity index (χ4n) is 2.25. The van der Waals surface area contributed by atoms with Crippen LogP contribution >= 0.6 is 0 Å². The van der Waals surface area contributed by atoms with Gasteiger partial charge in [-0.1, -0.05) is 24.3 Å². The number of ether oxygens (including phenoxy) is 1. The number of aryl methyl sites for hydroxylation is 1. The molecule has 0 spiro atoms. The van der Waals surface area contributed by atoms with Gasteiger partial charge in [0.1, 0.15) is 5.82 Å². The van der Waals surface area contributed by atoms with Crippen molar-refractivity contribution in [1.29, 1.82) is 0 Å². The Morgan fingerprint density at radius 3 is 2.60 bits per heavy atom. The second-order valence-electron chi connectivity index (χ2n) is 6.01. The Labute approximate surface area is 147 Å². The second-order valence-corrected chi connectivity index (χ2v) is 6.01. The number of nitrogens with one attached hydrogen (secondary N) is 1. The summed E-state index contributed by atoms with van der Waals surface area (Å²) in [5.74, 6) is -0.401. The summed E-state index contributed by atoms with van der Waals surface area (Å²) in [6, 6.07) is 9.50. The summed E-state index contributed by atoms with van der Waals surface area (Å²) in [4.78, 5) is 24.1. The van der Waals surface area contributed by atoms with E-state index in [0.717, 1.165) is 11.1 Å². The molecule has 2 rings (SSSR count). The van der Waals surface area contributed by atoms with Crippen molar-refractivity contribution in [2.45, 2.75) is 39.8 Å². The van der Waals surface area contributed by atoms with E-state index >= 15 is 0 Å². The van der Waals surface area contributed by atoms with Crippen molar-refractivity contribution < 1.29 is 14.3 Å². The monoisotopic (exact) mass is 341 g/mol. The fourth-order valence-corrected chi connectivity index (χ4v) is 2.25. The van der Waals surface area contributed by atoms with Gasteiger partial charge in [-0.3, -0.25) is 4.79 Å². The molecule has 1 N–H and O–H groups in total. The fraction of sp³-hybridized carbons (Fsp3) is 0.316. The summed E-state index contributed by atoms with van der Waals surface area (Å²) in [5, 5.41) is 6.86. The third-order valence-electron chi connectivity index (χ3n) is 3.66. The van der Waals surface area contributed by atoms with E-state index in [1.54, 1.807) is 23.0 Å². The number of carbonyl (C=O) groups is 2. The number of hydrogen-bond acceptors (Lipinski definition) is 4. The van der Waals surface area contributed by atoms with E-state index in [9.17, 15) is 9.59 Å². The Balaban J connectivity index is 1.93. The van der Waals surface area contributed by atoms with Crippen molar-refractivity contribution in [1.82, 2.24) is 9.78 Å². The Morgan fingerprint density at radius 2 is 1.92 bits per heavy atom. The number of rotatable bonds is 6. The summed E-state index contributed by atoms with van der Waals surface area (Å²) < 4.78 is 6.84. The van der Waals surface area contributed by atoms with Gasteiger partial charge in [-0.15, -0.1) is 0 Å². The number of anilines is 1. The van der Waals surface area contributed by atoms with Crippen LogP contribution < -0.4 is 5.32 Å². The Morgan fingerprint density at radius 1 is 1.20 bits per heavy atom. The molecule has 1 amide bonds. The van der Waals surface area contributed by atoms with E-state index in [1.807, 2.05) is 45.0 Å². The van der Waals surface area contributed by atoms with E-state index in [-0.39, 0.29) is 6.04 Å². The minimum Gasteiger partial charge on any atom is -0.449 e. The maximum Gasteiger partial charge on any atom is 0.331 e. The van der Waals surface area contributed by atoms with Gasteiger partial charge in [-0.05, 0) is 44.9 Å². The topological polar surface area (TPSA) is 73.2 Å². The Hall–Kier alpha value is -2.89. The summed E-state index contributed by atoms with van der Waals surface area (Å²) in [6.45, 7) is 7.41. The minimum atomic E-state index is -0.912. The molecule has 2 aromatic rings. The van der Waals surface area contributed by atoms with Crippen molar-refractivity contribution in [3.63, 3.8) is 0 Å². The van der Waals surface area contributed by atoms with Crippen LogP contribution in [0.1, 0.15) is 37.9 Å². The van der Waals surface area contributed by atoms with E-state index in [0.29, 0.717) is 5.82 Å². The van der Waals surface area contributed by atoms with E-state index in [4.69, 9.17) is 4.74 Å². The number of carbonyl (C=O) groups excluding carboxylic acids is 2. The van der Waals surface area contributed by atoms with Crippen LogP contribution in [0.2, 0.25) is 0 Å². The molecule has 0 saturated carbocycles. The molecule has 0 fully saturated rings. The number of aromatic nitrogens is 2. The lowest BCUT2D eigenvalue weighted by Crippen LogP contribution is -2.30. The molecule has 1 aromatic heterocycles. The van der Waals surface area contributed by atoms with Gasteiger partial charge in [-0.25, -0.2) is 9.48 Å². The Bertz CT molecular complexity index is 778. The number of esters is 1. The highest BCUT2D eigenvalue weighted by atomic mass is 16.5. The lowest BCUT2D eigenvalue weighted by atomic mass is 10.1. The molecule has 132 valence electrons. The first-order chi connectivity index (χ1) is 11.9. The minimum absolute atomic E-state index is 0.111. The molecule has 0 saturated heterocycles. The van der Waals surface area contributed by atoms with Crippen LogP contribution in [0, 0.1) is 6.92 Å². The van der Waals surface area contributed by atoms with Gasteiger partial charge in [0.15, 0.2) is 6.10 Å². The van der Waals surface area contributed by atoms with Crippen LogP contribution in [0.5, 0.6) is 0 Å². The molecule has 0 unspecified atom stereocenters. The van der Waals surface area contributed by atoms with Gasteiger partial charge < -0.3 is 10.1 Å². The van der Waals surface area contributed by atoms with Gasteiger partial charge in [0.25, 0.3) is 5.91 Å². The first-order valence-electron chi connectivity index (χ1n) is 8.17. The molecule has 0 radical (unpaired) electrons. The molecule has 1 aromatic carbocycles. The number of amides is 1. The number of nitrogens with zero attached hydrogens (tertiary/aromatic N) is 2. The smallest absolute Gasteiger partial charge is 0.331 e. The zero-order valence-electron chi connectivity index (χ0n) is 14.9. The second kappa shape index (κ2) is 8.28. The standard InChI is InChI=1S/C19H23N3O3/c1-13(2)22-17(11-12-20-22)21-19(24)15(4)25-18(23)10-9-16-8-6-5-7-14(16)3/h5-13,15H,1-4H3,(H,21,24)/b10-9+/t15-/m0/s1. The molecule has 0 aliphatic rings. The lowest BCUT2D eigenvalue weighted by molar-refractivity contribution is -0.148. The molecule has 6 nitrogen and oxygen atoms in total. The highest BCUT2D eigenvalue weighted by Crippen LogP contribution is 2.14. The van der Waals surface area contributed by atoms with Crippen molar-refractivity contribution in [2.24, 2.45) is 0 Å². The van der Waals surface area contributed by atoms with Gasteiger partial charge in [-0.2, -0.15) is 5.10 Å². The summed E-state index contributed by atoms with van der Waals surface area (Å²) in [5.41, 5.74) is 1.98. The molecule has 0 bridgehead atoms. The van der Waals surface area contributed by atoms with Crippen molar-refractivity contribution in [3.05, 3.63) is 53.7 Å². The molecule has 6 heteroatoms. The first-order valence-corrected chi connectivity index (χ1v) is 8.17. The van der Waals surface area contributed by atoms with Gasteiger partial charge in [0.05, 0.1) is 6.20 Å². The van der Waals surface area contributed by atoms with Crippen LogP contribution in [0.15, 0.2) is 42.6 Å². The molecular formula is C19H23N3O3. The van der Waals surface area contributed by atoms with Crippen molar-refractivity contribution >= 4 is 23.8 Å². The van der Waals surface area contributed by atoms with Crippen LogP contribution in [0.3, 0.4) is 0 Å². The molecule has 25 heavy (non-hydrogen) atoms. The van der Waals surface area contributed by atoms with Crippen molar-refractivity contribution in [2.75, 3.05) is 5.32 Å². The van der Waals surface area contributed by atoms with Crippen molar-refractivity contribution in [3.8, 4) is 0 Å². The molecular weight excluding hydrogens is 318 g/mol. The predicted molar refractivity (Wildman–Crippen MR) is 97.0 cm³/mol. The predicted octanol–water partition coefficient (Wildman–Crippen LogP) is 3.36. The van der Waals surface area contributed by atoms with Crippen LogP contribution in [0.4, 0.5) is 5.82 Å². The molecule has 0 aliphatic carbocycles. The van der Waals surface area contributed by atoms with E-state index < -0.39 is 18.0 Å². The first kappa shape index (κ1) is 18.4. The highest BCUT2D eigenvalue weighted by molar-refractivity contribution is 5.96. The van der Waals surface area contributed by atoms with Crippen LogP contribution in [-0.4, -0.2) is 27.8 Å². The van der Waals surface area contributed by atoms with Gasteiger partial charge >= 0.3 is 5.97 Å². The quantitative estimate of drug-likeness (QED) is 0.646. The van der Waals surface area contributed by atoms with Gasteiger partial charge in [0, 0.05) is 18.2 Å². The molecule has 1 atom stereocenters. The summed E-state index contributed by atoms with van der Waals surface area (Å²) in [6.07, 6.45) is 3.70. The Kier molecular flexibility index (Phi) is 6.11. The maximum atomic E-state index is 12.2. The summed E-state index contributed by atoms with van der Waals surface area (Å²) in [7, 11) is 0. The van der Waals surface area contributed by atoms with E-state index in [1.165, 1.54) is 13.0 Å². The summed E-state index contributed by atoms with van der Waals surface area (Å²) >= 11 is 0. The third kappa shape index (κ3) is 5.04. The largest absolute Gasteiger partial charge is 0.449 e. The average Bonchev–Trinajstić information content (AvgIpc) is 3.02. The normalized spacial score (nSPS) is 12.4. The highest BCUT2D eigenvalue weighted by Gasteiger charge is 2.18. The zero-order valence-corrected chi connectivity index (χ0v) is 14.9. The van der Waals surface area contributed by atoms with E-state index in [2.05, 4.69) is 10.4 Å². The zero-order chi connectivity index (χ0) is 18.4. The SMILES string of the molecule is Cc1ccccc1/C=C/C(=O)O[C@@H](C)C(=O)Nc1ccnn1C(C)C. The van der Waals surface area contributed by atoms with Crippen LogP contribution in [-0.2, 0) is 14.3 Å². The third-order valence-corrected chi connectivity index (χ3v) is 3.66. The molecule has 1 heterocycles. The lowest BCUT2D eigenvalue weighted by Gasteiger charge is -2.15. The number of benzene rings is 1. The van der Waals surface area contributed by atoms with Crippen LogP contribution in [0.25, 0.3) is 6.08 Å². The number of hydrogen-bond donors (Lipinski definition) is 1. The maximum absolute atomic E-state index is 12.2. The van der Waals surface area contributed by atoms with Gasteiger partial charge in [0.2, 0.25) is 0 Å². The average molecular weight is 341 g/mol. The molecule has 0 aliphatic heterocycles.